The van der Waals surface area contributed by atoms with Crippen LogP contribution in [0.2, 0.25) is 0 Å². The Kier molecular flexibility index (Phi) is 3.19. The van der Waals surface area contributed by atoms with Gasteiger partial charge in [0.15, 0.2) is 0 Å². The Bertz CT molecular complexity index is 80.5. The highest BCUT2D eigenvalue weighted by molar-refractivity contribution is 5.74. The minimum Gasteiger partial charge on any atom is -0.270 e. The molecule has 0 aliphatic heterocycles. The second-order valence-corrected chi connectivity index (χ2v) is 2.09. The van der Waals surface area contributed by atoms with E-state index < -0.39 is 5.91 Å². The lowest BCUT2D eigenvalue weighted by molar-refractivity contribution is -0.130. The molecule has 0 aromatic rings. The fourth-order valence-electron chi connectivity index (χ4n) is 0.390. The third-order valence-corrected chi connectivity index (χ3v) is 0.694. The zero-order valence-corrected chi connectivity index (χ0v) is 5.09. The van der Waals surface area contributed by atoms with E-state index in [1.54, 1.807) is 0 Å². The van der Waals surface area contributed by atoms with Crippen LogP contribution < -0.4 is 5.48 Å². The van der Waals surface area contributed by atoms with Gasteiger partial charge in [0, 0.05) is 6.42 Å². The molecular weight excluding hydrogens is 106 g/mol. The van der Waals surface area contributed by atoms with Crippen LogP contribution >= 0.6 is 0 Å². The number of carbonyl (C=O) groups is 1. The van der Waals surface area contributed by atoms with Crippen molar-refractivity contribution in [1.82, 2.24) is 5.48 Å². The van der Waals surface area contributed by atoms with Crippen molar-refractivity contribution < 1.29 is 10.0 Å². The molecule has 0 bridgehead atoms. The molecule has 0 aromatic heterocycles. The first-order valence-electron chi connectivity index (χ1n) is 2.54. The number of rotatable bonds is 2. The Hall–Kier alpha value is -0.570. The molecule has 0 spiro atoms. The van der Waals surface area contributed by atoms with Gasteiger partial charge in [-0.2, -0.15) is 0 Å². The summed E-state index contributed by atoms with van der Waals surface area (Å²) < 4.78 is 0. The van der Waals surface area contributed by atoms with Gasteiger partial charge in [-0.3, -0.25) is 10.0 Å². The molecule has 0 aromatic carbocycles. The summed E-state index contributed by atoms with van der Waals surface area (Å²) in [6.07, 6.45) is 0.330. The van der Waals surface area contributed by atoms with E-state index in [-0.39, 0.29) is 5.92 Å². The molecule has 3 heteroatoms. The fraction of sp³-hybridized carbons (Fsp3) is 0.800. The van der Waals surface area contributed by atoms with Crippen LogP contribution in [0.4, 0.5) is 0 Å². The standard InChI is InChI=1S/C5H10NO2/c1-4(2)3-5(7)6-8/h4,8H,3H2,1-2H3. The third-order valence-electron chi connectivity index (χ3n) is 0.694. The van der Waals surface area contributed by atoms with E-state index in [1.165, 1.54) is 0 Å². The lowest BCUT2D eigenvalue weighted by Crippen LogP contribution is -2.12. The summed E-state index contributed by atoms with van der Waals surface area (Å²) in [6.45, 7) is 3.78. The smallest absolute Gasteiger partial charge is 0.269 e. The van der Waals surface area contributed by atoms with Crippen LogP contribution in [-0.2, 0) is 4.79 Å². The van der Waals surface area contributed by atoms with Crippen LogP contribution in [0.25, 0.3) is 0 Å². The molecule has 0 unspecified atom stereocenters. The Balaban J connectivity index is 3.25. The van der Waals surface area contributed by atoms with Gasteiger partial charge in [-0.05, 0) is 5.92 Å². The van der Waals surface area contributed by atoms with E-state index in [1.807, 2.05) is 13.8 Å². The molecule has 47 valence electrons. The largest absolute Gasteiger partial charge is 0.270 e. The normalized spacial score (nSPS) is 9.50. The molecular formula is C5H10NO2. The molecule has 1 amide bonds. The van der Waals surface area contributed by atoms with Crippen molar-refractivity contribution in [3.63, 3.8) is 0 Å². The highest BCUT2D eigenvalue weighted by Gasteiger charge is 2.02. The maximum atomic E-state index is 10.2. The number of hydroxylamine groups is 1. The molecule has 0 heterocycles. The van der Waals surface area contributed by atoms with E-state index in [2.05, 4.69) is 5.48 Å². The number of amides is 1. The monoisotopic (exact) mass is 116 g/mol. The molecule has 0 fully saturated rings. The van der Waals surface area contributed by atoms with Crippen LogP contribution in [0.15, 0.2) is 0 Å². The lowest BCUT2D eigenvalue weighted by Gasteiger charge is -1.97. The molecule has 0 aliphatic rings. The van der Waals surface area contributed by atoms with Crippen molar-refractivity contribution in [2.45, 2.75) is 20.3 Å². The number of hydrogen-bond acceptors (Lipinski definition) is 2. The zero-order valence-electron chi connectivity index (χ0n) is 5.09. The van der Waals surface area contributed by atoms with Crippen molar-refractivity contribution in [2.75, 3.05) is 0 Å². The van der Waals surface area contributed by atoms with E-state index in [4.69, 9.17) is 5.21 Å². The predicted molar refractivity (Wildman–Crippen MR) is 28.4 cm³/mol. The van der Waals surface area contributed by atoms with E-state index >= 15 is 0 Å². The molecule has 1 N–H and O–H groups in total. The molecule has 8 heavy (non-hydrogen) atoms. The summed E-state index contributed by atoms with van der Waals surface area (Å²) in [5.74, 6) is -0.168. The van der Waals surface area contributed by atoms with Crippen molar-refractivity contribution in [3.05, 3.63) is 0 Å². The fourth-order valence-corrected chi connectivity index (χ4v) is 0.390. The maximum absolute atomic E-state index is 10.2. The Labute approximate surface area is 48.7 Å². The maximum Gasteiger partial charge on any atom is 0.269 e. The second kappa shape index (κ2) is 3.43. The highest BCUT2D eigenvalue weighted by atomic mass is 16.5. The minimum atomic E-state index is -0.444. The molecule has 0 saturated carbocycles. The highest BCUT2D eigenvalue weighted by Crippen LogP contribution is 1.97. The Morgan fingerprint density at radius 3 is 2.38 bits per heavy atom. The molecule has 0 rings (SSSR count). The van der Waals surface area contributed by atoms with Gasteiger partial charge in [-0.15, -0.1) is 0 Å². The lowest BCUT2D eigenvalue weighted by atomic mass is 10.1. The first-order valence-corrected chi connectivity index (χ1v) is 2.54. The van der Waals surface area contributed by atoms with Gasteiger partial charge < -0.3 is 0 Å². The summed E-state index contributed by atoms with van der Waals surface area (Å²) >= 11 is 0. The number of hydrogen-bond donors (Lipinski definition) is 1. The van der Waals surface area contributed by atoms with Crippen LogP contribution in [0, 0.1) is 5.92 Å². The van der Waals surface area contributed by atoms with Gasteiger partial charge in [-0.25, -0.2) is 0 Å². The van der Waals surface area contributed by atoms with E-state index in [0.717, 1.165) is 0 Å². The summed E-state index contributed by atoms with van der Waals surface area (Å²) in [6, 6.07) is 0. The van der Waals surface area contributed by atoms with Crippen molar-refractivity contribution in [2.24, 2.45) is 5.92 Å². The minimum absolute atomic E-state index is 0.276. The van der Waals surface area contributed by atoms with Crippen LogP contribution in [-0.4, -0.2) is 11.1 Å². The number of nitrogens with zero attached hydrogens (tertiary/aromatic N) is 1. The zero-order chi connectivity index (χ0) is 6.57. The Morgan fingerprint density at radius 1 is 1.75 bits per heavy atom. The SMILES string of the molecule is CC(C)CC(=O)[N]O. The average Bonchev–Trinajstić information content (AvgIpc) is 1.65. The Morgan fingerprint density at radius 2 is 2.25 bits per heavy atom. The van der Waals surface area contributed by atoms with Crippen molar-refractivity contribution in [1.29, 1.82) is 0 Å². The average molecular weight is 116 g/mol. The van der Waals surface area contributed by atoms with Gasteiger partial charge in [0.2, 0.25) is 0 Å². The molecule has 1 radical (unpaired) electrons. The van der Waals surface area contributed by atoms with Gasteiger partial charge in [0.05, 0.1) is 0 Å². The van der Waals surface area contributed by atoms with Gasteiger partial charge in [-0.1, -0.05) is 19.3 Å². The van der Waals surface area contributed by atoms with Crippen LogP contribution in [0.3, 0.4) is 0 Å². The summed E-state index contributed by atoms with van der Waals surface area (Å²) in [5.41, 5.74) is 2.49. The second-order valence-electron chi connectivity index (χ2n) is 2.09. The molecule has 3 nitrogen and oxygen atoms in total. The van der Waals surface area contributed by atoms with E-state index in [9.17, 15) is 4.79 Å². The number of carbonyl (C=O) groups excluding carboxylic acids is 1. The van der Waals surface area contributed by atoms with E-state index in [0.29, 0.717) is 6.42 Å². The molecule has 0 saturated heterocycles. The summed E-state index contributed by atoms with van der Waals surface area (Å²) in [7, 11) is 0. The summed E-state index contributed by atoms with van der Waals surface area (Å²) in [5, 5.41) is 7.86. The summed E-state index contributed by atoms with van der Waals surface area (Å²) in [4.78, 5) is 10.2. The van der Waals surface area contributed by atoms with Crippen molar-refractivity contribution >= 4 is 5.91 Å². The van der Waals surface area contributed by atoms with Crippen molar-refractivity contribution in [3.8, 4) is 0 Å². The first-order chi connectivity index (χ1) is 3.66. The van der Waals surface area contributed by atoms with Gasteiger partial charge in [0.25, 0.3) is 5.91 Å². The van der Waals surface area contributed by atoms with Crippen LogP contribution in [0.1, 0.15) is 20.3 Å². The van der Waals surface area contributed by atoms with Gasteiger partial charge >= 0.3 is 0 Å². The third kappa shape index (κ3) is 3.61. The van der Waals surface area contributed by atoms with Crippen LogP contribution in [0.5, 0.6) is 0 Å². The quantitative estimate of drug-likeness (QED) is 0.423. The topological polar surface area (TPSA) is 51.4 Å². The molecule has 0 atom stereocenters. The predicted octanol–water partition coefficient (Wildman–Crippen LogP) is 0.553. The molecule has 0 aliphatic carbocycles. The van der Waals surface area contributed by atoms with Gasteiger partial charge in [0.1, 0.15) is 0 Å². The first kappa shape index (κ1) is 7.43.